The van der Waals surface area contributed by atoms with Gasteiger partial charge in [0.05, 0.1) is 0 Å². The van der Waals surface area contributed by atoms with E-state index in [4.69, 9.17) is 5.73 Å². The molecule has 0 aliphatic carbocycles. The summed E-state index contributed by atoms with van der Waals surface area (Å²) in [4.78, 5) is 0. The van der Waals surface area contributed by atoms with Crippen molar-refractivity contribution in [2.75, 3.05) is 0 Å². The molecule has 0 saturated carbocycles. The smallest absolute Gasteiger partial charge is 0.123 e. The second-order valence-corrected chi connectivity index (χ2v) is 3.96. The second-order valence-electron chi connectivity index (χ2n) is 3.11. The van der Waals surface area contributed by atoms with Gasteiger partial charge in [-0.05, 0) is 36.6 Å². The van der Waals surface area contributed by atoms with E-state index in [0.29, 0.717) is 0 Å². The van der Waals surface area contributed by atoms with Gasteiger partial charge in [-0.25, -0.2) is 4.39 Å². The van der Waals surface area contributed by atoms with E-state index in [1.807, 2.05) is 6.92 Å². The molecule has 0 heterocycles. The highest BCUT2D eigenvalue weighted by molar-refractivity contribution is 9.10. The molecule has 1 aromatic carbocycles. The fourth-order valence-electron chi connectivity index (χ4n) is 1.13. The lowest BCUT2D eigenvalue weighted by atomic mass is 10.0. The third-order valence-corrected chi connectivity index (χ3v) is 2.79. The summed E-state index contributed by atoms with van der Waals surface area (Å²) in [7, 11) is 0. The molecule has 1 aromatic rings. The van der Waals surface area contributed by atoms with Gasteiger partial charge in [0, 0.05) is 10.5 Å². The van der Waals surface area contributed by atoms with Crippen LogP contribution in [0.4, 0.5) is 4.39 Å². The normalized spacial score (nSPS) is 12.0. The second kappa shape index (κ2) is 6.38. The highest BCUT2D eigenvalue weighted by Gasteiger charge is 2.05. The predicted octanol–water partition coefficient (Wildman–Crippen LogP) is 3.29. The van der Waals surface area contributed by atoms with E-state index in [2.05, 4.69) is 15.9 Å². The Balaban J connectivity index is 0.00000169. The summed E-state index contributed by atoms with van der Waals surface area (Å²) in [5.74, 6) is -0.207. The molecule has 0 radical (unpaired) electrons. The topological polar surface area (TPSA) is 26.0 Å². The molecule has 2 N–H and O–H groups in total. The molecule has 0 amide bonds. The SMILES string of the molecule is CCC(N)Cc1cc(F)ccc1Br.Cl. The number of halogens is 3. The van der Waals surface area contributed by atoms with Crippen LogP contribution in [0.25, 0.3) is 0 Å². The Kier molecular flexibility index (Phi) is 6.33. The van der Waals surface area contributed by atoms with Crippen LogP contribution in [0.5, 0.6) is 0 Å². The van der Waals surface area contributed by atoms with E-state index in [9.17, 15) is 4.39 Å². The van der Waals surface area contributed by atoms with E-state index >= 15 is 0 Å². The molecule has 1 rings (SSSR count). The van der Waals surface area contributed by atoms with Gasteiger partial charge in [-0.3, -0.25) is 0 Å². The molecule has 1 unspecified atom stereocenters. The minimum Gasteiger partial charge on any atom is -0.327 e. The number of hydrogen-bond donors (Lipinski definition) is 1. The molecular weight excluding hydrogens is 268 g/mol. The van der Waals surface area contributed by atoms with Crippen LogP contribution in [0, 0.1) is 5.82 Å². The molecule has 4 heteroatoms. The lowest BCUT2D eigenvalue weighted by Crippen LogP contribution is -2.21. The first-order valence-electron chi connectivity index (χ1n) is 4.33. The van der Waals surface area contributed by atoms with Gasteiger partial charge in [0.2, 0.25) is 0 Å². The molecule has 0 bridgehead atoms. The lowest BCUT2D eigenvalue weighted by Gasteiger charge is -2.10. The third kappa shape index (κ3) is 3.95. The fourth-order valence-corrected chi connectivity index (χ4v) is 1.54. The van der Waals surface area contributed by atoms with E-state index in [0.717, 1.165) is 22.9 Å². The average Bonchev–Trinajstić information content (AvgIpc) is 2.11. The van der Waals surface area contributed by atoms with Crippen LogP contribution in [-0.2, 0) is 6.42 Å². The molecule has 0 aliphatic heterocycles. The minimum atomic E-state index is -0.207. The number of benzene rings is 1. The van der Waals surface area contributed by atoms with Crippen molar-refractivity contribution in [1.82, 2.24) is 0 Å². The van der Waals surface area contributed by atoms with Gasteiger partial charge < -0.3 is 5.73 Å². The first kappa shape index (κ1) is 13.9. The predicted molar refractivity (Wildman–Crippen MR) is 63.3 cm³/mol. The lowest BCUT2D eigenvalue weighted by molar-refractivity contribution is 0.613. The van der Waals surface area contributed by atoms with Crippen molar-refractivity contribution in [3.05, 3.63) is 34.1 Å². The molecule has 0 spiro atoms. The van der Waals surface area contributed by atoms with Crippen LogP contribution in [0.1, 0.15) is 18.9 Å². The Morgan fingerprint density at radius 3 is 2.71 bits per heavy atom. The monoisotopic (exact) mass is 281 g/mol. The Hall–Kier alpha value is -0.120. The highest BCUT2D eigenvalue weighted by atomic mass is 79.9. The number of nitrogens with two attached hydrogens (primary N) is 1. The fraction of sp³-hybridized carbons (Fsp3) is 0.400. The summed E-state index contributed by atoms with van der Waals surface area (Å²) >= 11 is 3.37. The summed E-state index contributed by atoms with van der Waals surface area (Å²) in [5.41, 5.74) is 6.72. The molecule has 0 fully saturated rings. The Morgan fingerprint density at radius 2 is 2.14 bits per heavy atom. The summed E-state index contributed by atoms with van der Waals surface area (Å²) < 4.78 is 13.8. The zero-order chi connectivity index (χ0) is 9.84. The van der Waals surface area contributed by atoms with Crippen molar-refractivity contribution in [2.24, 2.45) is 5.73 Å². The summed E-state index contributed by atoms with van der Waals surface area (Å²) in [6.45, 7) is 2.03. The summed E-state index contributed by atoms with van der Waals surface area (Å²) in [6.07, 6.45) is 1.62. The van der Waals surface area contributed by atoms with Gasteiger partial charge in [0.25, 0.3) is 0 Å². The zero-order valence-electron chi connectivity index (χ0n) is 7.97. The summed E-state index contributed by atoms with van der Waals surface area (Å²) in [6, 6.07) is 4.79. The molecule has 0 aromatic heterocycles. The molecule has 0 aliphatic rings. The van der Waals surface area contributed by atoms with Crippen LogP contribution in [0.15, 0.2) is 22.7 Å². The molecule has 0 saturated heterocycles. The van der Waals surface area contributed by atoms with Crippen molar-refractivity contribution >= 4 is 28.3 Å². The van der Waals surface area contributed by atoms with E-state index < -0.39 is 0 Å². The van der Waals surface area contributed by atoms with Crippen molar-refractivity contribution in [3.63, 3.8) is 0 Å². The van der Waals surface area contributed by atoms with Crippen LogP contribution in [0.3, 0.4) is 0 Å². The quantitative estimate of drug-likeness (QED) is 0.904. The van der Waals surface area contributed by atoms with Crippen molar-refractivity contribution in [2.45, 2.75) is 25.8 Å². The van der Waals surface area contributed by atoms with Crippen molar-refractivity contribution in [3.8, 4) is 0 Å². The molecule has 14 heavy (non-hydrogen) atoms. The summed E-state index contributed by atoms with van der Waals surface area (Å²) in [5, 5.41) is 0. The number of rotatable bonds is 3. The van der Waals surface area contributed by atoms with Gasteiger partial charge in [0.15, 0.2) is 0 Å². The van der Waals surface area contributed by atoms with Gasteiger partial charge in [-0.15, -0.1) is 12.4 Å². The first-order valence-corrected chi connectivity index (χ1v) is 5.12. The minimum absolute atomic E-state index is 0. The van der Waals surface area contributed by atoms with E-state index in [1.54, 1.807) is 6.07 Å². The zero-order valence-corrected chi connectivity index (χ0v) is 10.4. The maximum absolute atomic E-state index is 12.8. The van der Waals surface area contributed by atoms with Gasteiger partial charge in [0.1, 0.15) is 5.82 Å². The van der Waals surface area contributed by atoms with E-state index in [1.165, 1.54) is 12.1 Å². The maximum atomic E-state index is 12.8. The first-order chi connectivity index (χ1) is 6.13. The van der Waals surface area contributed by atoms with Crippen LogP contribution < -0.4 is 5.73 Å². The highest BCUT2D eigenvalue weighted by Crippen LogP contribution is 2.19. The Bertz CT molecular complexity index is 293. The Labute approximate surface area is 98.4 Å². The van der Waals surface area contributed by atoms with Gasteiger partial charge >= 0.3 is 0 Å². The molecular formula is C10H14BrClFN. The van der Waals surface area contributed by atoms with Crippen LogP contribution in [-0.4, -0.2) is 6.04 Å². The van der Waals surface area contributed by atoms with Crippen LogP contribution in [0.2, 0.25) is 0 Å². The van der Waals surface area contributed by atoms with Crippen molar-refractivity contribution in [1.29, 1.82) is 0 Å². The number of hydrogen-bond acceptors (Lipinski definition) is 1. The average molecular weight is 283 g/mol. The van der Waals surface area contributed by atoms with Crippen molar-refractivity contribution < 1.29 is 4.39 Å². The Morgan fingerprint density at radius 1 is 1.50 bits per heavy atom. The third-order valence-electron chi connectivity index (χ3n) is 2.01. The molecule has 1 atom stereocenters. The van der Waals surface area contributed by atoms with Gasteiger partial charge in [-0.2, -0.15) is 0 Å². The van der Waals surface area contributed by atoms with E-state index in [-0.39, 0.29) is 24.3 Å². The molecule has 1 nitrogen and oxygen atoms in total. The molecule has 80 valence electrons. The van der Waals surface area contributed by atoms with Gasteiger partial charge in [-0.1, -0.05) is 22.9 Å². The van der Waals surface area contributed by atoms with Crippen LogP contribution >= 0.6 is 28.3 Å². The largest absolute Gasteiger partial charge is 0.327 e. The standard InChI is InChI=1S/C10H13BrFN.ClH/c1-2-9(13)6-7-5-8(12)3-4-10(7)11;/h3-5,9H,2,6,13H2,1H3;1H. The maximum Gasteiger partial charge on any atom is 0.123 e.